The zero-order valence-corrected chi connectivity index (χ0v) is 13.0. The Bertz CT molecular complexity index is 664. The molecule has 1 aromatic rings. The molecule has 0 bridgehead atoms. The monoisotopic (exact) mass is 315 g/mol. The topological polar surface area (TPSA) is 63.7 Å². The van der Waals surface area contributed by atoms with Crippen LogP contribution in [0.4, 0.5) is 14.4 Å². The molecule has 1 aliphatic heterocycles. The molecule has 21 heavy (non-hydrogen) atoms. The van der Waals surface area contributed by atoms with Crippen molar-refractivity contribution in [2.45, 2.75) is 44.1 Å². The largest absolute Gasteiger partial charge is 0.443 e. The number of amides is 1. The molecule has 0 spiro atoms. The maximum absolute atomic E-state index is 13.0. The summed E-state index contributed by atoms with van der Waals surface area (Å²) in [6.45, 7) is 5.81. The molecule has 2 rings (SSSR count). The molecule has 1 aliphatic rings. The van der Waals surface area contributed by atoms with E-state index in [1.165, 1.54) is 17.0 Å². The molecule has 7 heteroatoms. The highest BCUT2D eigenvalue weighted by Gasteiger charge is 2.28. The van der Waals surface area contributed by atoms with Gasteiger partial charge in [-0.1, -0.05) is 0 Å². The van der Waals surface area contributed by atoms with E-state index in [2.05, 4.69) is 0 Å². The number of aryl methyl sites for hydroxylation is 1. The summed E-state index contributed by atoms with van der Waals surface area (Å²) in [5.74, 6) is 0. The number of hydrogen-bond acceptors (Lipinski definition) is 4. The minimum atomic E-state index is -4.74. The van der Waals surface area contributed by atoms with E-state index in [9.17, 15) is 17.1 Å². The molecule has 0 atom stereocenters. The maximum Gasteiger partial charge on any atom is 0.414 e. The molecule has 0 saturated carbocycles. The molecular weight excluding hydrogens is 297 g/mol. The van der Waals surface area contributed by atoms with Gasteiger partial charge in [-0.3, -0.25) is 4.90 Å². The highest BCUT2D eigenvalue weighted by Crippen LogP contribution is 2.31. The van der Waals surface area contributed by atoms with Gasteiger partial charge in [0, 0.05) is 6.54 Å². The molecule has 1 amide bonds. The Labute approximate surface area is 123 Å². The van der Waals surface area contributed by atoms with Crippen molar-refractivity contribution in [2.24, 2.45) is 0 Å². The van der Waals surface area contributed by atoms with E-state index in [0.29, 0.717) is 30.6 Å². The number of fused-ring (bicyclic) bond motifs is 1. The van der Waals surface area contributed by atoms with Crippen LogP contribution in [0, 0.1) is 0 Å². The standard InChI is InChI=1S/C14H18FNO4S/c1-14(2,3)20-13(17)16-8-4-5-10-9-11(21(15,18)19)6-7-12(10)16/h6-7,9H,4-5,8H2,1-3H3. The highest BCUT2D eigenvalue weighted by molar-refractivity contribution is 7.86. The molecular formula is C14H18FNO4S. The maximum atomic E-state index is 13.0. The number of rotatable bonds is 1. The van der Waals surface area contributed by atoms with Crippen molar-refractivity contribution < 1.29 is 21.8 Å². The average Bonchev–Trinajstić information content (AvgIpc) is 2.34. The first kappa shape index (κ1) is 15.8. The van der Waals surface area contributed by atoms with Crippen LogP contribution < -0.4 is 4.90 Å². The van der Waals surface area contributed by atoms with Crippen LogP contribution in [0.5, 0.6) is 0 Å². The van der Waals surface area contributed by atoms with Crippen molar-refractivity contribution in [2.75, 3.05) is 11.4 Å². The van der Waals surface area contributed by atoms with Crippen molar-refractivity contribution in [1.29, 1.82) is 0 Å². The Hall–Kier alpha value is -1.63. The molecule has 0 aliphatic carbocycles. The summed E-state index contributed by atoms with van der Waals surface area (Å²) in [4.78, 5) is 13.2. The molecule has 0 radical (unpaired) electrons. The van der Waals surface area contributed by atoms with Crippen LogP contribution in [0.3, 0.4) is 0 Å². The summed E-state index contributed by atoms with van der Waals surface area (Å²) in [5, 5.41) is 0. The second kappa shape index (κ2) is 5.29. The third kappa shape index (κ3) is 3.72. The summed E-state index contributed by atoms with van der Waals surface area (Å²) in [5.41, 5.74) is 0.588. The fraction of sp³-hybridized carbons (Fsp3) is 0.500. The van der Waals surface area contributed by atoms with E-state index in [-0.39, 0.29) is 4.90 Å². The van der Waals surface area contributed by atoms with Crippen molar-refractivity contribution in [3.05, 3.63) is 23.8 Å². The van der Waals surface area contributed by atoms with Gasteiger partial charge in [0.1, 0.15) is 5.60 Å². The summed E-state index contributed by atoms with van der Waals surface area (Å²) in [6.07, 6.45) is 0.777. The highest BCUT2D eigenvalue weighted by atomic mass is 32.3. The van der Waals surface area contributed by atoms with Crippen molar-refractivity contribution in [3.63, 3.8) is 0 Å². The van der Waals surface area contributed by atoms with E-state index in [4.69, 9.17) is 4.74 Å². The Morgan fingerprint density at radius 3 is 2.57 bits per heavy atom. The van der Waals surface area contributed by atoms with E-state index in [1.807, 2.05) is 0 Å². The lowest BCUT2D eigenvalue weighted by Gasteiger charge is -2.31. The number of carbonyl (C=O) groups excluding carboxylic acids is 1. The third-order valence-electron chi connectivity index (χ3n) is 3.07. The van der Waals surface area contributed by atoms with Gasteiger partial charge >= 0.3 is 16.3 Å². The van der Waals surface area contributed by atoms with Crippen molar-refractivity contribution in [3.8, 4) is 0 Å². The van der Waals surface area contributed by atoms with Gasteiger partial charge in [-0.2, -0.15) is 8.42 Å². The molecule has 0 N–H and O–H groups in total. The molecule has 0 aromatic heterocycles. The van der Waals surface area contributed by atoms with Crippen molar-refractivity contribution >= 4 is 22.0 Å². The first-order valence-electron chi connectivity index (χ1n) is 6.66. The molecule has 1 heterocycles. The predicted molar refractivity (Wildman–Crippen MR) is 76.6 cm³/mol. The van der Waals surface area contributed by atoms with Gasteiger partial charge in [0.05, 0.1) is 10.6 Å². The molecule has 0 fully saturated rings. The van der Waals surface area contributed by atoms with Gasteiger partial charge in [-0.25, -0.2) is 4.79 Å². The van der Waals surface area contributed by atoms with Gasteiger partial charge < -0.3 is 4.74 Å². The van der Waals surface area contributed by atoms with Crippen LogP contribution in [0.25, 0.3) is 0 Å². The second-order valence-electron chi connectivity index (χ2n) is 5.96. The Balaban J connectivity index is 2.34. The third-order valence-corrected chi connectivity index (χ3v) is 3.88. The molecule has 0 saturated heterocycles. The zero-order valence-electron chi connectivity index (χ0n) is 12.2. The SMILES string of the molecule is CC(C)(C)OC(=O)N1CCCc2cc(S(=O)(=O)F)ccc21. The van der Waals surface area contributed by atoms with Gasteiger partial charge in [0.15, 0.2) is 0 Å². The number of ether oxygens (including phenoxy) is 1. The first-order chi connectivity index (χ1) is 9.58. The Morgan fingerprint density at radius 2 is 2.00 bits per heavy atom. The Kier molecular flexibility index (Phi) is 3.97. The van der Waals surface area contributed by atoms with E-state index in [0.717, 1.165) is 6.07 Å². The van der Waals surface area contributed by atoms with E-state index in [1.54, 1.807) is 20.8 Å². The van der Waals surface area contributed by atoms with Gasteiger partial charge in [-0.15, -0.1) is 3.89 Å². The molecule has 1 aromatic carbocycles. The predicted octanol–water partition coefficient (Wildman–Crippen LogP) is 3.03. The fourth-order valence-electron chi connectivity index (χ4n) is 2.23. The lowest BCUT2D eigenvalue weighted by atomic mass is 10.0. The lowest BCUT2D eigenvalue weighted by Crippen LogP contribution is -2.39. The van der Waals surface area contributed by atoms with Crippen LogP contribution in [0.1, 0.15) is 32.8 Å². The van der Waals surface area contributed by atoms with Gasteiger partial charge in [-0.05, 0) is 57.4 Å². The number of nitrogens with zero attached hydrogens (tertiary/aromatic N) is 1. The molecule has 5 nitrogen and oxygen atoms in total. The van der Waals surface area contributed by atoms with Gasteiger partial charge in [0.2, 0.25) is 0 Å². The van der Waals surface area contributed by atoms with E-state index < -0.39 is 21.9 Å². The van der Waals surface area contributed by atoms with Crippen LogP contribution in [-0.2, 0) is 21.4 Å². The minimum Gasteiger partial charge on any atom is -0.443 e. The zero-order chi connectivity index (χ0) is 15.8. The minimum absolute atomic E-state index is 0.382. The van der Waals surface area contributed by atoms with Crippen molar-refractivity contribution in [1.82, 2.24) is 0 Å². The summed E-state index contributed by atoms with van der Waals surface area (Å²) in [6, 6.07) is 3.89. The van der Waals surface area contributed by atoms with Gasteiger partial charge in [0.25, 0.3) is 0 Å². The number of anilines is 1. The van der Waals surface area contributed by atoms with Crippen LogP contribution in [0.2, 0.25) is 0 Å². The van der Waals surface area contributed by atoms with Crippen LogP contribution >= 0.6 is 0 Å². The first-order valence-corrected chi connectivity index (χ1v) is 8.04. The van der Waals surface area contributed by atoms with Crippen LogP contribution in [0.15, 0.2) is 23.1 Å². The average molecular weight is 315 g/mol. The molecule has 116 valence electrons. The number of carbonyl (C=O) groups is 1. The quantitative estimate of drug-likeness (QED) is 0.747. The lowest BCUT2D eigenvalue weighted by molar-refractivity contribution is 0.0578. The number of hydrogen-bond donors (Lipinski definition) is 0. The summed E-state index contributed by atoms with van der Waals surface area (Å²) < 4.78 is 40.3. The molecule has 0 unspecified atom stereocenters. The Morgan fingerprint density at radius 1 is 1.33 bits per heavy atom. The normalized spacial score (nSPS) is 15.5. The number of halogens is 1. The smallest absolute Gasteiger partial charge is 0.414 e. The summed E-state index contributed by atoms with van der Waals surface area (Å²) >= 11 is 0. The van der Waals surface area contributed by atoms with E-state index >= 15 is 0 Å². The van der Waals surface area contributed by atoms with Crippen LogP contribution in [-0.4, -0.2) is 26.7 Å². The summed E-state index contributed by atoms with van der Waals surface area (Å²) in [7, 11) is -4.74. The fourth-order valence-corrected chi connectivity index (χ4v) is 2.75. The number of benzene rings is 1. The second-order valence-corrected chi connectivity index (χ2v) is 7.31.